The number of hydrogen-bond acceptors (Lipinski definition) is 4. The number of nitrogens with one attached hydrogen (secondary N) is 1. The molecule has 1 aliphatic rings. The Morgan fingerprint density at radius 1 is 1.21 bits per heavy atom. The van der Waals surface area contributed by atoms with Crippen molar-refractivity contribution in [3.63, 3.8) is 0 Å². The average molecular weight is 288 g/mol. The van der Waals surface area contributed by atoms with Crippen LogP contribution < -0.4 is 5.32 Å². The lowest BCUT2D eigenvalue weighted by Crippen LogP contribution is -2.42. The standard InChI is InChI=1S/C14H28N2O2S/c1-4-14(5-2)12-19-13(16-14)15-8-6-7-9-18-11-10-17-3/h4-12H2,1-3H3,(H,15,16). The molecule has 0 aromatic rings. The first-order chi connectivity index (χ1) is 9.26. The number of hydrogen-bond donors (Lipinski definition) is 1. The molecule has 0 unspecified atom stereocenters. The lowest BCUT2D eigenvalue weighted by atomic mass is 9.96. The summed E-state index contributed by atoms with van der Waals surface area (Å²) < 4.78 is 10.3. The van der Waals surface area contributed by atoms with Crippen molar-refractivity contribution in [1.29, 1.82) is 0 Å². The van der Waals surface area contributed by atoms with Crippen molar-refractivity contribution >= 4 is 16.9 Å². The zero-order valence-corrected chi connectivity index (χ0v) is 13.4. The summed E-state index contributed by atoms with van der Waals surface area (Å²) in [5.41, 5.74) is 0.284. The third kappa shape index (κ3) is 6.15. The summed E-state index contributed by atoms with van der Waals surface area (Å²) in [6.45, 7) is 7.57. The van der Waals surface area contributed by atoms with Gasteiger partial charge in [-0.05, 0) is 25.7 Å². The highest BCUT2D eigenvalue weighted by atomic mass is 32.2. The van der Waals surface area contributed by atoms with Gasteiger partial charge in [-0.2, -0.15) is 0 Å². The van der Waals surface area contributed by atoms with E-state index in [1.807, 2.05) is 11.8 Å². The minimum absolute atomic E-state index is 0.284. The summed E-state index contributed by atoms with van der Waals surface area (Å²) in [5, 5.41) is 4.72. The molecule has 0 aromatic heterocycles. The molecular formula is C14H28N2O2S. The molecular weight excluding hydrogens is 260 g/mol. The van der Waals surface area contributed by atoms with Gasteiger partial charge in [0.2, 0.25) is 0 Å². The van der Waals surface area contributed by atoms with E-state index in [0.29, 0.717) is 13.2 Å². The Bertz CT molecular complexity index is 268. The molecule has 1 N–H and O–H groups in total. The quantitative estimate of drug-likeness (QED) is 0.628. The maximum Gasteiger partial charge on any atom is 0.157 e. The smallest absolute Gasteiger partial charge is 0.157 e. The average Bonchev–Trinajstić information content (AvgIpc) is 2.86. The molecule has 1 fully saturated rings. The van der Waals surface area contributed by atoms with Crippen LogP contribution in [0.3, 0.4) is 0 Å². The van der Waals surface area contributed by atoms with E-state index in [0.717, 1.165) is 36.9 Å². The molecule has 1 aliphatic heterocycles. The van der Waals surface area contributed by atoms with Crippen LogP contribution in [0.2, 0.25) is 0 Å². The number of thioether (sulfide) groups is 1. The van der Waals surface area contributed by atoms with Crippen LogP contribution in [0, 0.1) is 0 Å². The molecule has 1 heterocycles. The van der Waals surface area contributed by atoms with Crippen LogP contribution in [0.4, 0.5) is 0 Å². The summed E-state index contributed by atoms with van der Waals surface area (Å²) in [6, 6.07) is 0. The fraction of sp³-hybridized carbons (Fsp3) is 0.929. The van der Waals surface area contributed by atoms with Gasteiger partial charge in [-0.25, -0.2) is 0 Å². The molecule has 5 heteroatoms. The van der Waals surface area contributed by atoms with Crippen molar-refractivity contribution in [3.05, 3.63) is 0 Å². The van der Waals surface area contributed by atoms with E-state index in [1.54, 1.807) is 7.11 Å². The molecule has 112 valence electrons. The van der Waals surface area contributed by atoms with E-state index in [4.69, 9.17) is 9.47 Å². The Morgan fingerprint density at radius 2 is 2.00 bits per heavy atom. The normalized spacial score (nSPS) is 19.8. The number of unbranched alkanes of at least 4 members (excludes halogenated alkanes) is 1. The zero-order chi connectivity index (χ0) is 14.0. The monoisotopic (exact) mass is 288 g/mol. The van der Waals surface area contributed by atoms with Gasteiger partial charge in [0.15, 0.2) is 5.17 Å². The molecule has 0 aromatic carbocycles. The summed E-state index contributed by atoms with van der Waals surface area (Å²) in [4.78, 5) is 4.64. The second-order valence-corrected chi connectivity index (χ2v) is 5.86. The first kappa shape index (κ1) is 16.8. The minimum Gasteiger partial charge on any atom is -0.382 e. The van der Waals surface area contributed by atoms with E-state index in [-0.39, 0.29) is 5.54 Å². The molecule has 19 heavy (non-hydrogen) atoms. The third-order valence-corrected chi connectivity index (χ3v) is 4.80. The van der Waals surface area contributed by atoms with Crippen LogP contribution in [0.15, 0.2) is 4.99 Å². The Morgan fingerprint density at radius 3 is 2.63 bits per heavy atom. The first-order valence-corrected chi connectivity index (χ1v) is 8.27. The van der Waals surface area contributed by atoms with E-state index in [2.05, 4.69) is 24.2 Å². The van der Waals surface area contributed by atoms with Crippen LogP contribution >= 0.6 is 11.8 Å². The van der Waals surface area contributed by atoms with Crippen LogP contribution in [0.1, 0.15) is 39.5 Å². The Hall–Kier alpha value is -0.260. The van der Waals surface area contributed by atoms with Gasteiger partial charge >= 0.3 is 0 Å². The van der Waals surface area contributed by atoms with Gasteiger partial charge < -0.3 is 14.8 Å². The van der Waals surface area contributed by atoms with Gasteiger partial charge in [0, 0.05) is 31.6 Å². The fourth-order valence-electron chi connectivity index (χ4n) is 1.96. The fourth-order valence-corrected chi connectivity index (χ4v) is 3.33. The highest BCUT2D eigenvalue weighted by molar-refractivity contribution is 8.14. The second-order valence-electron chi connectivity index (χ2n) is 4.90. The Balaban J connectivity index is 2.07. The van der Waals surface area contributed by atoms with Crippen molar-refractivity contribution in [3.8, 4) is 0 Å². The van der Waals surface area contributed by atoms with Crippen molar-refractivity contribution in [2.24, 2.45) is 4.99 Å². The molecule has 0 aliphatic carbocycles. The molecule has 0 amide bonds. The van der Waals surface area contributed by atoms with Gasteiger partial charge in [0.25, 0.3) is 0 Å². The minimum atomic E-state index is 0.284. The van der Waals surface area contributed by atoms with E-state index in [1.165, 1.54) is 12.8 Å². The van der Waals surface area contributed by atoms with Crippen molar-refractivity contribution < 1.29 is 9.47 Å². The Kier molecular flexibility index (Phi) is 8.50. The predicted molar refractivity (Wildman–Crippen MR) is 83.1 cm³/mol. The van der Waals surface area contributed by atoms with Crippen LogP contribution in [-0.4, -0.2) is 49.9 Å². The van der Waals surface area contributed by atoms with Crippen LogP contribution in [-0.2, 0) is 9.47 Å². The summed E-state index contributed by atoms with van der Waals surface area (Å²) in [5.74, 6) is 1.15. The summed E-state index contributed by atoms with van der Waals surface area (Å²) in [7, 11) is 1.69. The number of methoxy groups -OCH3 is 1. The van der Waals surface area contributed by atoms with Crippen LogP contribution in [0.25, 0.3) is 0 Å². The van der Waals surface area contributed by atoms with Gasteiger partial charge in [-0.3, -0.25) is 4.99 Å². The lowest BCUT2D eigenvalue weighted by Gasteiger charge is -2.25. The Labute approximate surface area is 121 Å². The van der Waals surface area contributed by atoms with Gasteiger partial charge in [-0.1, -0.05) is 25.6 Å². The van der Waals surface area contributed by atoms with Crippen molar-refractivity contribution in [2.45, 2.75) is 45.1 Å². The van der Waals surface area contributed by atoms with Gasteiger partial charge in [-0.15, -0.1) is 0 Å². The largest absolute Gasteiger partial charge is 0.382 e. The second kappa shape index (κ2) is 9.61. The van der Waals surface area contributed by atoms with E-state index < -0.39 is 0 Å². The number of nitrogens with zero attached hydrogens (tertiary/aromatic N) is 1. The zero-order valence-electron chi connectivity index (χ0n) is 12.5. The maximum atomic E-state index is 5.42. The molecule has 0 bridgehead atoms. The predicted octanol–water partition coefficient (Wildman–Crippen LogP) is 2.68. The summed E-state index contributed by atoms with van der Waals surface area (Å²) >= 11 is 1.86. The van der Waals surface area contributed by atoms with E-state index in [9.17, 15) is 0 Å². The highest BCUT2D eigenvalue weighted by Crippen LogP contribution is 2.28. The molecule has 4 nitrogen and oxygen atoms in total. The molecule has 1 rings (SSSR count). The maximum absolute atomic E-state index is 5.42. The van der Waals surface area contributed by atoms with Crippen molar-refractivity contribution in [1.82, 2.24) is 5.32 Å². The molecule has 1 saturated heterocycles. The van der Waals surface area contributed by atoms with Crippen molar-refractivity contribution in [2.75, 3.05) is 39.2 Å². The SMILES string of the molecule is CCC1(CC)CSC(=NCCCCOCCOC)N1. The van der Waals surface area contributed by atoms with E-state index >= 15 is 0 Å². The first-order valence-electron chi connectivity index (χ1n) is 7.28. The number of ether oxygens (including phenoxy) is 2. The topological polar surface area (TPSA) is 42.9 Å². The molecule has 0 saturated carbocycles. The molecule has 0 spiro atoms. The number of rotatable bonds is 10. The van der Waals surface area contributed by atoms with Gasteiger partial charge in [0.1, 0.15) is 0 Å². The summed E-state index contributed by atoms with van der Waals surface area (Å²) in [6.07, 6.45) is 4.49. The molecule has 0 atom stereocenters. The lowest BCUT2D eigenvalue weighted by molar-refractivity contribution is 0.0690. The number of amidine groups is 1. The van der Waals surface area contributed by atoms with Gasteiger partial charge in [0.05, 0.1) is 13.2 Å². The highest BCUT2D eigenvalue weighted by Gasteiger charge is 2.33. The van der Waals surface area contributed by atoms with Crippen LogP contribution in [0.5, 0.6) is 0 Å². The third-order valence-electron chi connectivity index (χ3n) is 3.59. The number of aliphatic imine (C=N–C) groups is 1. The molecule has 0 radical (unpaired) electrons.